The third-order valence-corrected chi connectivity index (χ3v) is 3.60. The Morgan fingerprint density at radius 2 is 2.18 bits per heavy atom. The number of nitrogens with one attached hydrogen (secondary N) is 1. The SMILES string of the molecule is CCC1C(=O)NC(=O)CN1C(=O)C1(CN)CC1. The van der Waals surface area contributed by atoms with Crippen molar-refractivity contribution in [2.24, 2.45) is 11.1 Å². The fourth-order valence-electron chi connectivity index (χ4n) is 2.25. The molecule has 0 spiro atoms. The van der Waals surface area contributed by atoms with Crippen LogP contribution in [0.4, 0.5) is 0 Å². The number of imide groups is 1. The van der Waals surface area contributed by atoms with E-state index in [4.69, 9.17) is 5.73 Å². The first-order chi connectivity index (χ1) is 8.04. The summed E-state index contributed by atoms with van der Waals surface area (Å²) in [6, 6.07) is -0.538. The van der Waals surface area contributed by atoms with Crippen LogP contribution in [-0.4, -0.2) is 41.8 Å². The predicted octanol–water partition coefficient (Wildman–Crippen LogP) is -1.01. The number of rotatable bonds is 3. The topological polar surface area (TPSA) is 92.5 Å². The number of hydrogen-bond donors (Lipinski definition) is 2. The monoisotopic (exact) mass is 239 g/mol. The van der Waals surface area contributed by atoms with Crippen LogP contribution in [0.25, 0.3) is 0 Å². The van der Waals surface area contributed by atoms with Crippen molar-refractivity contribution in [3.63, 3.8) is 0 Å². The lowest BCUT2D eigenvalue weighted by molar-refractivity contribution is -0.153. The Balaban J connectivity index is 2.19. The Morgan fingerprint density at radius 3 is 2.65 bits per heavy atom. The molecule has 1 unspecified atom stereocenters. The average Bonchev–Trinajstić information content (AvgIpc) is 3.08. The van der Waals surface area contributed by atoms with Crippen LogP contribution in [0.5, 0.6) is 0 Å². The summed E-state index contributed by atoms with van der Waals surface area (Å²) in [5, 5.41) is 2.25. The lowest BCUT2D eigenvalue weighted by atomic mass is 10.0. The van der Waals surface area contributed by atoms with E-state index in [1.54, 1.807) is 0 Å². The van der Waals surface area contributed by atoms with E-state index in [0.29, 0.717) is 6.42 Å². The molecular weight excluding hydrogens is 222 g/mol. The molecule has 2 rings (SSSR count). The van der Waals surface area contributed by atoms with Crippen LogP contribution >= 0.6 is 0 Å². The molecule has 0 bridgehead atoms. The second-order valence-electron chi connectivity index (χ2n) is 4.75. The van der Waals surface area contributed by atoms with Gasteiger partial charge in [0.25, 0.3) is 0 Å². The minimum atomic E-state index is -0.538. The van der Waals surface area contributed by atoms with Crippen molar-refractivity contribution < 1.29 is 14.4 Å². The summed E-state index contributed by atoms with van der Waals surface area (Å²) in [5.41, 5.74) is 5.09. The van der Waals surface area contributed by atoms with Crippen LogP contribution < -0.4 is 11.1 Å². The molecule has 1 saturated carbocycles. The highest BCUT2D eigenvalue weighted by molar-refractivity contribution is 6.05. The molecule has 6 heteroatoms. The lowest BCUT2D eigenvalue weighted by Gasteiger charge is -2.35. The lowest BCUT2D eigenvalue weighted by Crippen LogP contribution is -2.61. The van der Waals surface area contributed by atoms with E-state index >= 15 is 0 Å². The fraction of sp³-hybridized carbons (Fsp3) is 0.727. The predicted molar refractivity (Wildman–Crippen MR) is 59.7 cm³/mol. The number of carbonyl (C=O) groups excluding carboxylic acids is 3. The van der Waals surface area contributed by atoms with Crippen LogP contribution in [0.2, 0.25) is 0 Å². The molecule has 17 heavy (non-hydrogen) atoms. The van der Waals surface area contributed by atoms with Gasteiger partial charge in [0.2, 0.25) is 17.7 Å². The number of amides is 3. The molecule has 3 amide bonds. The quantitative estimate of drug-likeness (QED) is 0.617. The van der Waals surface area contributed by atoms with Gasteiger partial charge in [-0.05, 0) is 19.3 Å². The third kappa shape index (κ3) is 1.93. The first-order valence-corrected chi connectivity index (χ1v) is 5.89. The van der Waals surface area contributed by atoms with E-state index in [-0.39, 0.29) is 24.9 Å². The molecule has 0 radical (unpaired) electrons. The molecule has 1 aliphatic carbocycles. The van der Waals surface area contributed by atoms with Gasteiger partial charge in [0.1, 0.15) is 12.6 Å². The highest BCUT2D eigenvalue weighted by Crippen LogP contribution is 2.46. The van der Waals surface area contributed by atoms with Gasteiger partial charge < -0.3 is 10.6 Å². The number of piperazine rings is 1. The highest BCUT2D eigenvalue weighted by Gasteiger charge is 2.53. The Hall–Kier alpha value is -1.43. The maximum Gasteiger partial charge on any atom is 0.249 e. The largest absolute Gasteiger partial charge is 0.329 e. The second-order valence-corrected chi connectivity index (χ2v) is 4.75. The average molecular weight is 239 g/mol. The van der Waals surface area contributed by atoms with Crippen molar-refractivity contribution in [3.8, 4) is 0 Å². The minimum Gasteiger partial charge on any atom is -0.329 e. The number of hydrogen-bond acceptors (Lipinski definition) is 4. The second kappa shape index (κ2) is 4.10. The molecule has 94 valence electrons. The molecule has 1 heterocycles. The zero-order valence-corrected chi connectivity index (χ0v) is 9.86. The van der Waals surface area contributed by atoms with Crippen molar-refractivity contribution in [1.82, 2.24) is 10.2 Å². The number of nitrogens with zero attached hydrogens (tertiary/aromatic N) is 1. The van der Waals surface area contributed by atoms with Gasteiger partial charge in [-0.1, -0.05) is 6.92 Å². The summed E-state index contributed by atoms with van der Waals surface area (Å²) >= 11 is 0. The van der Waals surface area contributed by atoms with Gasteiger partial charge in [-0.3, -0.25) is 19.7 Å². The Bertz CT molecular complexity index is 376. The summed E-state index contributed by atoms with van der Waals surface area (Å²) in [6.45, 7) is 2.07. The summed E-state index contributed by atoms with van der Waals surface area (Å²) in [7, 11) is 0. The fourth-order valence-corrected chi connectivity index (χ4v) is 2.25. The van der Waals surface area contributed by atoms with E-state index in [2.05, 4.69) is 5.32 Å². The number of nitrogens with two attached hydrogens (primary N) is 1. The van der Waals surface area contributed by atoms with Crippen molar-refractivity contribution >= 4 is 17.7 Å². The smallest absolute Gasteiger partial charge is 0.249 e. The van der Waals surface area contributed by atoms with Gasteiger partial charge in [-0.2, -0.15) is 0 Å². The van der Waals surface area contributed by atoms with Crippen LogP contribution in [0.1, 0.15) is 26.2 Å². The Labute approximate surface area is 99.5 Å². The van der Waals surface area contributed by atoms with Crippen molar-refractivity contribution in [1.29, 1.82) is 0 Å². The van der Waals surface area contributed by atoms with E-state index in [9.17, 15) is 14.4 Å². The molecular formula is C11H17N3O3. The van der Waals surface area contributed by atoms with Gasteiger partial charge in [0, 0.05) is 6.54 Å². The summed E-state index contributed by atoms with van der Waals surface area (Å²) in [4.78, 5) is 36.6. The van der Waals surface area contributed by atoms with Crippen LogP contribution in [-0.2, 0) is 14.4 Å². The number of carbonyl (C=O) groups is 3. The summed E-state index contributed by atoms with van der Waals surface area (Å²) < 4.78 is 0. The van der Waals surface area contributed by atoms with E-state index < -0.39 is 17.4 Å². The van der Waals surface area contributed by atoms with Gasteiger partial charge in [0.05, 0.1) is 5.41 Å². The minimum absolute atomic E-state index is 0.0369. The zero-order valence-electron chi connectivity index (χ0n) is 9.86. The van der Waals surface area contributed by atoms with Crippen LogP contribution in [0.3, 0.4) is 0 Å². The third-order valence-electron chi connectivity index (χ3n) is 3.60. The maximum atomic E-state index is 12.3. The Kier molecular flexibility index (Phi) is 2.91. The normalized spacial score (nSPS) is 26.7. The first-order valence-electron chi connectivity index (χ1n) is 5.89. The molecule has 2 fully saturated rings. The molecule has 0 aromatic heterocycles. The molecule has 0 aromatic rings. The van der Waals surface area contributed by atoms with Crippen LogP contribution in [0, 0.1) is 5.41 Å². The van der Waals surface area contributed by atoms with Gasteiger partial charge in [-0.25, -0.2) is 0 Å². The van der Waals surface area contributed by atoms with Gasteiger partial charge >= 0.3 is 0 Å². The standard InChI is InChI=1S/C11H17N3O3/c1-2-7-9(16)13-8(15)5-14(7)10(17)11(6-12)3-4-11/h7H,2-6,12H2,1H3,(H,13,15,16). The molecule has 6 nitrogen and oxygen atoms in total. The highest BCUT2D eigenvalue weighted by atomic mass is 16.2. The van der Waals surface area contributed by atoms with Crippen LogP contribution in [0.15, 0.2) is 0 Å². The molecule has 3 N–H and O–H groups in total. The molecule has 0 aromatic carbocycles. The van der Waals surface area contributed by atoms with Gasteiger partial charge in [0.15, 0.2) is 0 Å². The van der Waals surface area contributed by atoms with Gasteiger partial charge in [-0.15, -0.1) is 0 Å². The van der Waals surface area contributed by atoms with Crippen molar-refractivity contribution in [3.05, 3.63) is 0 Å². The van der Waals surface area contributed by atoms with E-state index in [1.165, 1.54) is 4.90 Å². The van der Waals surface area contributed by atoms with Crippen molar-refractivity contribution in [2.45, 2.75) is 32.2 Å². The summed E-state index contributed by atoms with van der Waals surface area (Å²) in [5.74, 6) is -0.944. The van der Waals surface area contributed by atoms with E-state index in [0.717, 1.165) is 12.8 Å². The maximum absolute atomic E-state index is 12.3. The molecule has 1 atom stereocenters. The molecule has 1 saturated heterocycles. The Morgan fingerprint density at radius 1 is 1.53 bits per heavy atom. The van der Waals surface area contributed by atoms with Crippen molar-refractivity contribution in [2.75, 3.05) is 13.1 Å². The summed E-state index contributed by atoms with van der Waals surface area (Å²) in [6.07, 6.45) is 2.02. The first kappa shape index (κ1) is 12.0. The molecule has 1 aliphatic heterocycles. The zero-order chi connectivity index (χ0) is 12.6. The molecule has 2 aliphatic rings. The van der Waals surface area contributed by atoms with E-state index in [1.807, 2.05) is 6.92 Å².